The Morgan fingerprint density at radius 1 is 1.44 bits per heavy atom. The van der Waals surface area contributed by atoms with E-state index in [4.69, 9.17) is 0 Å². The van der Waals surface area contributed by atoms with E-state index >= 15 is 0 Å². The number of hydrogen-bond donors (Lipinski definition) is 1. The molecule has 1 heterocycles. The van der Waals surface area contributed by atoms with Crippen molar-refractivity contribution in [1.82, 2.24) is 10.2 Å². The number of nitrogens with zero attached hydrogens (tertiary/aromatic N) is 1. The third-order valence-corrected chi connectivity index (χ3v) is 3.13. The van der Waals surface area contributed by atoms with Crippen LogP contribution in [0.25, 0.3) is 0 Å². The minimum atomic E-state index is 0.316. The van der Waals surface area contributed by atoms with Gasteiger partial charge in [-0.2, -0.15) is 0 Å². The molecule has 1 aliphatic rings. The van der Waals surface area contributed by atoms with Crippen LogP contribution in [0.4, 0.5) is 0 Å². The van der Waals surface area contributed by atoms with Crippen molar-refractivity contribution in [2.45, 2.75) is 52.5 Å². The second-order valence-electron chi connectivity index (χ2n) is 6.00. The van der Waals surface area contributed by atoms with Crippen LogP contribution in [-0.2, 0) is 4.79 Å². The lowest BCUT2D eigenvalue weighted by molar-refractivity contribution is -0.132. The van der Waals surface area contributed by atoms with Crippen LogP contribution < -0.4 is 5.32 Å². The standard InChI is InChI=1S/C13H26N2O/c1-13(2,3)10-11-6-5-9-15(11)12(16)7-8-14-4/h11,14H,5-10H2,1-4H3. The summed E-state index contributed by atoms with van der Waals surface area (Å²) in [7, 11) is 1.89. The third-order valence-electron chi connectivity index (χ3n) is 3.13. The minimum Gasteiger partial charge on any atom is -0.340 e. The molecule has 0 aromatic carbocycles. The topological polar surface area (TPSA) is 32.3 Å². The van der Waals surface area contributed by atoms with Gasteiger partial charge in [0.1, 0.15) is 0 Å². The van der Waals surface area contributed by atoms with Gasteiger partial charge >= 0.3 is 0 Å². The van der Waals surface area contributed by atoms with E-state index in [2.05, 4.69) is 31.0 Å². The maximum Gasteiger partial charge on any atom is 0.224 e. The Morgan fingerprint density at radius 3 is 2.69 bits per heavy atom. The largest absolute Gasteiger partial charge is 0.340 e. The molecule has 0 spiro atoms. The minimum absolute atomic E-state index is 0.316. The molecule has 1 rings (SSSR count). The number of rotatable bonds is 4. The number of nitrogens with one attached hydrogen (secondary N) is 1. The second kappa shape index (κ2) is 5.67. The lowest BCUT2D eigenvalue weighted by atomic mass is 9.87. The van der Waals surface area contributed by atoms with Crippen molar-refractivity contribution in [2.24, 2.45) is 5.41 Å². The van der Waals surface area contributed by atoms with E-state index in [0.717, 1.165) is 19.5 Å². The van der Waals surface area contributed by atoms with Gasteiger partial charge in [0.25, 0.3) is 0 Å². The van der Waals surface area contributed by atoms with Gasteiger partial charge in [-0.15, -0.1) is 0 Å². The van der Waals surface area contributed by atoms with Crippen molar-refractivity contribution in [3.05, 3.63) is 0 Å². The van der Waals surface area contributed by atoms with Gasteiger partial charge in [-0.1, -0.05) is 20.8 Å². The maximum absolute atomic E-state index is 12.0. The molecule has 1 N–H and O–H groups in total. The summed E-state index contributed by atoms with van der Waals surface area (Å²) in [5.41, 5.74) is 0.316. The lowest BCUT2D eigenvalue weighted by Gasteiger charge is -2.30. The summed E-state index contributed by atoms with van der Waals surface area (Å²) in [5.74, 6) is 0.320. The quantitative estimate of drug-likeness (QED) is 0.795. The highest BCUT2D eigenvalue weighted by molar-refractivity contribution is 5.77. The molecule has 1 saturated heterocycles. The number of carbonyl (C=O) groups is 1. The Kier molecular flexibility index (Phi) is 4.78. The predicted molar refractivity (Wildman–Crippen MR) is 67.4 cm³/mol. The zero-order valence-corrected chi connectivity index (χ0v) is 11.2. The number of carbonyl (C=O) groups excluding carboxylic acids is 1. The third kappa shape index (κ3) is 4.12. The first kappa shape index (κ1) is 13.5. The fraction of sp³-hybridized carbons (Fsp3) is 0.923. The van der Waals surface area contributed by atoms with Crippen LogP contribution in [0, 0.1) is 5.41 Å². The highest BCUT2D eigenvalue weighted by Crippen LogP contribution is 2.30. The van der Waals surface area contributed by atoms with E-state index in [9.17, 15) is 4.79 Å². The molecule has 0 aromatic heterocycles. The first-order chi connectivity index (χ1) is 7.44. The van der Waals surface area contributed by atoms with Crippen LogP contribution in [0.1, 0.15) is 46.5 Å². The van der Waals surface area contributed by atoms with Crippen LogP contribution in [0.5, 0.6) is 0 Å². The maximum atomic E-state index is 12.0. The Morgan fingerprint density at radius 2 is 2.12 bits per heavy atom. The van der Waals surface area contributed by atoms with Gasteiger partial charge in [0, 0.05) is 25.6 Å². The molecule has 0 bridgehead atoms. The Hall–Kier alpha value is -0.570. The zero-order chi connectivity index (χ0) is 12.2. The molecule has 3 heteroatoms. The molecule has 0 aromatic rings. The molecular weight excluding hydrogens is 200 g/mol. The lowest BCUT2D eigenvalue weighted by Crippen LogP contribution is -2.38. The van der Waals surface area contributed by atoms with Crippen molar-refractivity contribution in [2.75, 3.05) is 20.1 Å². The second-order valence-corrected chi connectivity index (χ2v) is 6.00. The van der Waals surface area contributed by atoms with Gasteiger partial charge < -0.3 is 10.2 Å². The number of likely N-dealkylation sites (tertiary alicyclic amines) is 1. The molecule has 94 valence electrons. The average molecular weight is 226 g/mol. The van der Waals surface area contributed by atoms with Crippen LogP contribution in [-0.4, -0.2) is 37.0 Å². The van der Waals surface area contributed by atoms with Crippen LogP contribution in [0.3, 0.4) is 0 Å². The van der Waals surface area contributed by atoms with Gasteiger partial charge in [0.05, 0.1) is 0 Å². The van der Waals surface area contributed by atoms with Gasteiger partial charge in [-0.3, -0.25) is 4.79 Å². The monoisotopic (exact) mass is 226 g/mol. The Labute approximate surface area is 99.6 Å². The van der Waals surface area contributed by atoms with Gasteiger partial charge in [0.15, 0.2) is 0 Å². The van der Waals surface area contributed by atoms with Crippen molar-refractivity contribution in [1.29, 1.82) is 0 Å². The van der Waals surface area contributed by atoms with Gasteiger partial charge in [0.2, 0.25) is 5.91 Å². The van der Waals surface area contributed by atoms with Crippen molar-refractivity contribution < 1.29 is 4.79 Å². The predicted octanol–water partition coefficient (Wildman–Crippen LogP) is 2.02. The fourth-order valence-corrected chi connectivity index (χ4v) is 2.46. The molecule has 16 heavy (non-hydrogen) atoms. The van der Waals surface area contributed by atoms with Crippen LogP contribution >= 0.6 is 0 Å². The summed E-state index contributed by atoms with van der Waals surface area (Å²) in [6.45, 7) is 8.51. The first-order valence-corrected chi connectivity index (χ1v) is 6.38. The molecule has 0 radical (unpaired) electrons. The molecule has 3 nitrogen and oxygen atoms in total. The zero-order valence-electron chi connectivity index (χ0n) is 11.2. The van der Waals surface area contributed by atoms with E-state index < -0.39 is 0 Å². The number of hydrogen-bond acceptors (Lipinski definition) is 2. The summed E-state index contributed by atoms with van der Waals surface area (Å²) >= 11 is 0. The smallest absolute Gasteiger partial charge is 0.224 e. The summed E-state index contributed by atoms with van der Waals surface area (Å²) in [4.78, 5) is 14.1. The first-order valence-electron chi connectivity index (χ1n) is 6.38. The van der Waals surface area contributed by atoms with Crippen LogP contribution in [0.15, 0.2) is 0 Å². The Balaban J connectivity index is 2.48. The van der Waals surface area contributed by atoms with Crippen molar-refractivity contribution in [3.8, 4) is 0 Å². The molecule has 0 aliphatic carbocycles. The average Bonchev–Trinajstić information content (AvgIpc) is 2.59. The molecule has 1 amide bonds. The summed E-state index contributed by atoms with van der Waals surface area (Å²) in [6, 6.07) is 0.476. The summed E-state index contributed by atoms with van der Waals surface area (Å²) < 4.78 is 0. The number of amides is 1. The van der Waals surface area contributed by atoms with E-state index in [1.807, 2.05) is 7.05 Å². The molecule has 1 aliphatic heterocycles. The van der Waals surface area contributed by atoms with Crippen LogP contribution in [0.2, 0.25) is 0 Å². The normalized spacial score (nSPS) is 21.5. The molecule has 1 unspecified atom stereocenters. The van der Waals surface area contributed by atoms with E-state index in [1.54, 1.807) is 0 Å². The molecule has 1 atom stereocenters. The molecule has 1 fully saturated rings. The van der Waals surface area contributed by atoms with Crippen molar-refractivity contribution in [3.63, 3.8) is 0 Å². The summed E-state index contributed by atoms with van der Waals surface area (Å²) in [5, 5.41) is 3.04. The van der Waals surface area contributed by atoms with E-state index in [0.29, 0.717) is 23.8 Å². The summed E-state index contributed by atoms with van der Waals surface area (Å²) in [6.07, 6.45) is 4.12. The SMILES string of the molecule is CNCCC(=O)N1CCCC1CC(C)(C)C. The molecule has 0 saturated carbocycles. The highest BCUT2D eigenvalue weighted by Gasteiger charge is 2.31. The Bertz CT molecular complexity index is 233. The van der Waals surface area contributed by atoms with Gasteiger partial charge in [-0.05, 0) is 31.7 Å². The van der Waals surface area contributed by atoms with Gasteiger partial charge in [-0.25, -0.2) is 0 Å². The van der Waals surface area contributed by atoms with E-state index in [-0.39, 0.29) is 0 Å². The molecular formula is C13H26N2O. The van der Waals surface area contributed by atoms with E-state index in [1.165, 1.54) is 12.8 Å². The highest BCUT2D eigenvalue weighted by atomic mass is 16.2. The van der Waals surface area contributed by atoms with Crippen molar-refractivity contribution >= 4 is 5.91 Å². The fourth-order valence-electron chi connectivity index (χ4n) is 2.46.